The van der Waals surface area contributed by atoms with E-state index in [-0.39, 0.29) is 12.5 Å². The number of aromatic nitrogens is 2. The Labute approximate surface area is 98.8 Å². The molecule has 0 saturated carbocycles. The van der Waals surface area contributed by atoms with Crippen molar-refractivity contribution in [3.05, 3.63) is 12.4 Å². The Balaban J connectivity index is 1.79. The molecule has 1 aromatic rings. The van der Waals surface area contributed by atoms with Crippen LogP contribution in [-0.2, 0) is 11.3 Å². The van der Waals surface area contributed by atoms with E-state index in [1.54, 1.807) is 17.1 Å². The van der Waals surface area contributed by atoms with Crippen LogP contribution < -0.4 is 11.1 Å². The van der Waals surface area contributed by atoms with Gasteiger partial charge in [-0.25, -0.2) is 0 Å². The average Bonchev–Trinajstić information content (AvgIpc) is 2.65. The van der Waals surface area contributed by atoms with E-state index in [9.17, 15) is 4.79 Å². The number of nitrogens with zero attached hydrogens (tertiary/aromatic N) is 2. The van der Waals surface area contributed by atoms with Gasteiger partial charge in [-0.05, 0) is 18.6 Å². The lowest BCUT2D eigenvalue weighted by Crippen LogP contribution is -2.40. The lowest BCUT2D eigenvalue weighted by atomic mass is 10.2. The van der Waals surface area contributed by atoms with Gasteiger partial charge in [0.15, 0.2) is 0 Å². The van der Waals surface area contributed by atoms with Crippen molar-refractivity contribution in [2.75, 3.05) is 17.2 Å². The Morgan fingerprint density at radius 1 is 1.75 bits per heavy atom. The number of nitrogens with two attached hydrogens (primary N) is 1. The van der Waals surface area contributed by atoms with Gasteiger partial charge in [0.2, 0.25) is 5.91 Å². The van der Waals surface area contributed by atoms with E-state index in [2.05, 4.69) is 10.4 Å². The fourth-order valence-corrected chi connectivity index (χ4v) is 2.81. The van der Waals surface area contributed by atoms with Crippen LogP contribution in [0, 0.1) is 0 Å². The molecule has 1 aliphatic heterocycles. The first-order chi connectivity index (χ1) is 7.74. The largest absolute Gasteiger partial charge is 0.396 e. The average molecular weight is 240 g/mol. The molecule has 1 atom stereocenters. The molecule has 1 amide bonds. The first-order valence-corrected chi connectivity index (χ1v) is 6.54. The van der Waals surface area contributed by atoms with E-state index < -0.39 is 0 Å². The zero-order valence-corrected chi connectivity index (χ0v) is 9.87. The molecule has 3 N–H and O–H groups in total. The molecule has 16 heavy (non-hydrogen) atoms. The molecule has 1 aromatic heterocycles. The third-order valence-electron chi connectivity index (χ3n) is 2.48. The second-order valence-corrected chi connectivity index (χ2v) is 5.10. The summed E-state index contributed by atoms with van der Waals surface area (Å²) in [7, 11) is 0. The van der Waals surface area contributed by atoms with Gasteiger partial charge in [-0.2, -0.15) is 16.9 Å². The molecule has 1 aliphatic rings. The summed E-state index contributed by atoms with van der Waals surface area (Å²) >= 11 is 1.90. The highest BCUT2D eigenvalue weighted by atomic mass is 32.2. The number of amides is 1. The van der Waals surface area contributed by atoms with Gasteiger partial charge in [-0.3, -0.25) is 9.48 Å². The van der Waals surface area contributed by atoms with Crippen molar-refractivity contribution in [2.24, 2.45) is 0 Å². The number of thioether (sulfide) groups is 1. The van der Waals surface area contributed by atoms with Gasteiger partial charge in [0.05, 0.1) is 11.9 Å². The molecule has 2 heterocycles. The maximum absolute atomic E-state index is 11.7. The number of rotatable bonds is 3. The molecular formula is C10H16N4OS. The quantitative estimate of drug-likeness (QED) is 0.806. The fourth-order valence-electron chi connectivity index (χ4n) is 1.74. The van der Waals surface area contributed by atoms with Crippen LogP contribution in [-0.4, -0.2) is 33.2 Å². The van der Waals surface area contributed by atoms with Gasteiger partial charge in [0.1, 0.15) is 6.54 Å². The van der Waals surface area contributed by atoms with E-state index in [0.29, 0.717) is 11.7 Å². The molecule has 88 valence electrons. The number of nitrogen functional groups attached to an aromatic ring is 1. The molecular weight excluding hydrogens is 224 g/mol. The molecule has 0 spiro atoms. The summed E-state index contributed by atoms with van der Waals surface area (Å²) < 4.78 is 1.56. The minimum atomic E-state index is 0.00981. The van der Waals surface area contributed by atoms with Crippen LogP contribution in [0.3, 0.4) is 0 Å². The van der Waals surface area contributed by atoms with E-state index in [4.69, 9.17) is 5.73 Å². The van der Waals surface area contributed by atoms with E-state index in [1.807, 2.05) is 11.8 Å². The van der Waals surface area contributed by atoms with E-state index in [1.165, 1.54) is 12.2 Å². The first-order valence-electron chi connectivity index (χ1n) is 5.39. The molecule has 2 rings (SSSR count). The summed E-state index contributed by atoms with van der Waals surface area (Å²) in [5.74, 6) is 2.24. The van der Waals surface area contributed by atoms with Crippen LogP contribution in [0.25, 0.3) is 0 Å². The number of carbonyl (C=O) groups excluding carboxylic acids is 1. The molecule has 1 fully saturated rings. The standard InChI is InChI=1S/C10H16N4OS/c11-8-4-12-14(5-8)6-10(15)13-9-2-1-3-16-7-9/h4-5,9H,1-3,6-7,11H2,(H,13,15). The van der Waals surface area contributed by atoms with Crippen molar-refractivity contribution in [3.63, 3.8) is 0 Å². The lowest BCUT2D eigenvalue weighted by molar-refractivity contribution is -0.122. The van der Waals surface area contributed by atoms with Crippen LogP contribution in [0.5, 0.6) is 0 Å². The summed E-state index contributed by atoms with van der Waals surface area (Å²) in [6, 6.07) is 0.319. The highest BCUT2D eigenvalue weighted by Gasteiger charge is 2.16. The third kappa shape index (κ3) is 3.16. The van der Waals surface area contributed by atoms with Gasteiger partial charge >= 0.3 is 0 Å². The van der Waals surface area contributed by atoms with Crippen LogP contribution >= 0.6 is 11.8 Å². The number of hydrogen-bond donors (Lipinski definition) is 2. The Morgan fingerprint density at radius 2 is 2.62 bits per heavy atom. The molecule has 5 nitrogen and oxygen atoms in total. The smallest absolute Gasteiger partial charge is 0.241 e. The predicted octanol–water partition coefficient (Wildman–Crippen LogP) is 0.477. The first kappa shape index (κ1) is 11.3. The lowest BCUT2D eigenvalue weighted by Gasteiger charge is -2.22. The normalized spacial score (nSPS) is 20.6. The van der Waals surface area contributed by atoms with Gasteiger partial charge in [0, 0.05) is 18.0 Å². The monoisotopic (exact) mass is 240 g/mol. The second-order valence-electron chi connectivity index (χ2n) is 3.95. The highest BCUT2D eigenvalue weighted by molar-refractivity contribution is 7.99. The Bertz CT molecular complexity index is 359. The molecule has 1 unspecified atom stereocenters. The topological polar surface area (TPSA) is 72.9 Å². The third-order valence-corrected chi connectivity index (χ3v) is 3.70. The van der Waals surface area contributed by atoms with Crippen molar-refractivity contribution in [1.29, 1.82) is 0 Å². The van der Waals surface area contributed by atoms with Crippen molar-refractivity contribution in [1.82, 2.24) is 15.1 Å². The van der Waals surface area contributed by atoms with Crippen LogP contribution in [0.2, 0.25) is 0 Å². The number of anilines is 1. The maximum atomic E-state index is 11.7. The summed E-state index contributed by atoms with van der Waals surface area (Å²) in [5.41, 5.74) is 6.10. The van der Waals surface area contributed by atoms with Gasteiger partial charge in [0.25, 0.3) is 0 Å². The minimum absolute atomic E-state index is 0.00981. The summed E-state index contributed by atoms with van der Waals surface area (Å²) in [4.78, 5) is 11.7. The van der Waals surface area contributed by atoms with Crippen molar-refractivity contribution in [2.45, 2.75) is 25.4 Å². The molecule has 0 aliphatic carbocycles. The van der Waals surface area contributed by atoms with Crippen molar-refractivity contribution < 1.29 is 4.79 Å². The predicted molar refractivity (Wildman–Crippen MR) is 65.1 cm³/mol. The van der Waals surface area contributed by atoms with E-state index in [0.717, 1.165) is 12.2 Å². The Kier molecular flexibility index (Phi) is 3.71. The van der Waals surface area contributed by atoms with Gasteiger partial charge < -0.3 is 11.1 Å². The minimum Gasteiger partial charge on any atom is -0.396 e. The van der Waals surface area contributed by atoms with Crippen LogP contribution in [0.1, 0.15) is 12.8 Å². The van der Waals surface area contributed by atoms with Crippen LogP contribution in [0.4, 0.5) is 5.69 Å². The van der Waals surface area contributed by atoms with Crippen LogP contribution in [0.15, 0.2) is 12.4 Å². The van der Waals surface area contributed by atoms with Crippen molar-refractivity contribution in [3.8, 4) is 0 Å². The van der Waals surface area contributed by atoms with Gasteiger partial charge in [-0.1, -0.05) is 0 Å². The molecule has 0 aromatic carbocycles. The second kappa shape index (κ2) is 5.25. The summed E-state index contributed by atoms with van der Waals surface area (Å²) in [6.07, 6.45) is 5.48. The SMILES string of the molecule is Nc1cnn(CC(=O)NC2CCCSC2)c1. The molecule has 0 radical (unpaired) electrons. The summed E-state index contributed by atoms with van der Waals surface area (Å²) in [5, 5.41) is 6.99. The maximum Gasteiger partial charge on any atom is 0.241 e. The van der Waals surface area contributed by atoms with Gasteiger partial charge in [-0.15, -0.1) is 0 Å². The van der Waals surface area contributed by atoms with E-state index >= 15 is 0 Å². The highest BCUT2D eigenvalue weighted by Crippen LogP contribution is 2.16. The number of hydrogen-bond acceptors (Lipinski definition) is 4. The molecule has 1 saturated heterocycles. The molecule has 0 bridgehead atoms. The summed E-state index contributed by atoms with van der Waals surface area (Å²) in [6.45, 7) is 0.248. The van der Waals surface area contributed by atoms with Crippen molar-refractivity contribution >= 4 is 23.4 Å². The number of nitrogens with one attached hydrogen (secondary N) is 1. The zero-order chi connectivity index (χ0) is 11.4. The zero-order valence-electron chi connectivity index (χ0n) is 9.06. The molecule has 6 heteroatoms. The number of carbonyl (C=O) groups is 1. The Morgan fingerprint density at radius 3 is 3.25 bits per heavy atom. The Hall–Kier alpha value is -1.17. The fraction of sp³-hybridized carbons (Fsp3) is 0.600.